The lowest BCUT2D eigenvalue weighted by Crippen LogP contribution is -2.23. The van der Waals surface area contributed by atoms with Crippen molar-refractivity contribution in [3.8, 4) is 33.3 Å². The normalized spacial score (nSPS) is 15.9. The van der Waals surface area contributed by atoms with Crippen molar-refractivity contribution < 1.29 is 4.74 Å². The molecule has 190 valence electrons. The number of methoxy groups -OCH3 is 1. The summed E-state index contributed by atoms with van der Waals surface area (Å²) in [5.74, 6) is 2.85. The number of fused-ring (bicyclic) bond motifs is 1. The number of rotatable bonds is 7. The van der Waals surface area contributed by atoms with Gasteiger partial charge in [-0.05, 0) is 31.9 Å². The zero-order valence-corrected chi connectivity index (χ0v) is 22.4. The molecule has 1 fully saturated rings. The topological polar surface area (TPSA) is 73.9 Å². The number of ether oxygens (including phenoxy) is 1. The number of benzene rings is 1. The molecule has 0 bridgehead atoms. The highest BCUT2D eigenvalue weighted by molar-refractivity contribution is 7.22. The van der Waals surface area contributed by atoms with Gasteiger partial charge in [0.15, 0.2) is 11.6 Å². The van der Waals surface area contributed by atoms with Gasteiger partial charge in [0.05, 0.1) is 16.9 Å². The van der Waals surface area contributed by atoms with Gasteiger partial charge in [0.1, 0.15) is 16.3 Å². The highest BCUT2D eigenvalue weighted by Crippen LogP contribution is 2.47. The van der Waals surface area contributed by atoms with Crippen molar-refractivity contribution >= 4 is 27.4 Å². The molecule has 0 spiro atoms. The van der Waals surface area contributed by atoms with Crippen LogP contribution in [0.2, 0.25) is 0 Å². The smallest absolute Gasteiger partial charge is 0.199 e. The van der Waals surface area contributed by atoms with Crippen LogP contribution in [0.25, 0.3) is 43.6 Å². The van der Waals surface area contributed by atoms with E-state index in [0.29, 0.717) is 11.7 Å². The van der Waals surface area contributed by atoms with E-state index in [0.717, 1.165) is 69.7 Å². The first-order valence-corrected chi connectivity index (χ1v) is 13.5. The number of aryl methyl sites for hydroxylation is 1. The summed E-state index contributed by atoms with van der Waals surface area (Å²) in [4.78, 5) is 19.3. The Kier molecular flexibility index (Phi) is 6.26. The summed E-state index contributed by atoms with van der Waals surface area (Å²) < 4.78 is 9.47. The summed E-state index contributed by atoms with van der Waals surface area (Å²) in [6.45, 7) is 6.88. The van der Waals surface area contributed by atoms with E-state index >= 15 is 0 Å². The highest BCUT2D eigenvalue weighted by atomic mass is 32.1. The van der Waals surface area contributed by atoms with Crippen LogP contribution >= 0.6 is 11.3 Å². The fourth-order valence-electron chi connectivity index (χ4n) is 5.10. The van der Waals surface area contributed by atoms with Crippen LogP contribution in [0.5, 0.6) is 0 Å². The van der Waals surface area contributed by atoms with E-state index in [1.165, 1.54) is 0 Å². The number of hydrogen-bond acceptors (Lipinski definition) is 7. The molecule has 1 aliphatic heterocycles. The third-order valence-corrected chi connectivity index (χ3v) is 8.08. The standard InChI is InChI=1S/C28H31N7OS/c1-18(2)35-14-11-21(32-35)24-22(20-8-6-5-7-9-20)23-26(34-13-10-19(16-34)17-36-4)30-25(31-28(23)37-24)27-29-12-15-33(27)3/h5-9,11-12,14-15,18-19H,10,13,16-17H2,1-4H3/t19-/m1/s1. The van der Waals surface area contributed by atoms with Gasteiger partial charge in [-0.3, -0.25) is 4.68 Å². The van der Waals surface area contributed by atoms with Crippen LogP contribution in [0, 0.1) is 5.92 Å². The maximum Gasteiger partial charge on any atom is 0.199 e. The summed E-state index contributed by atoms with van der Waals surface area (Å²) in [5.41, 5.74) is 3.25. The molecule has 8 nitrogen and oxygen atoms in total. The Morgan fingerprint density at radius 2 is 1.95 bits per heavy atom. The van der Waals surface area contributed by atoms with E-state index in [4.69, 9.17) is 19.8 Å². The second-order valence-corrected chi connectivity index (χ2v) is 10.9. The minimum atomic E-state index is 0.288. The second-order valence-electron chi connectivity index (χ2n) is 9.92. The number of nitrogens with zero attached hydrogens (tertiary/aromatic N) is 7. The van der Waals surface area contributed by atoms with Crippen LogP contribution in [0.1, 0.15) is 26.3 Å². The SMILES string of the molecule is COC[C@@H]1CCN(c2nc(-c3nccn3C)nc3sc(-c4ccn(C(C)C)n4)c(-c4ccccc4)c23)C1. The van der Waals surface area contributed by atoms with E-state index in [1.54, 1.807) is 24.6 Å². The van der Waals surface area contributed by atoms with Crippen LogP contribution in [-0.4, -0.2) is 56.1 Å². The lowest BCUT2D eigenvalue weighted by Gasteiger charge is -2.20. The van der Waals surface area contributed by atoms with Crippen LogP contribution in [0.3, 0.4) is 0 Å². The molecular weight excluding hydrogens is 482 g/mol. The molecule has 1 aromatic carbocycles. The lowest BCUT2D eigenvalue weighted by atomic mass is 10.0. The molecule has 0 N–H and O–H groups in total. The molecule has 0 saturated carbocycles. The molecule has 0 radical (unpaired) electrons. The molecule has 6 rings (SSSR count). The van der Waals surface area contributed by atoms with Gasteiger partial charge in [0.2, 0.25) is 0 Å². The molecule has 1 atom stereocenters. The largest absolute Gasteiger partial charge is 0.384 e. The Bertz CT molecular complexity index is 1530. The summed E-state index contributed by atoms with van der Waals surface area (Å²) in [5, 5.41) is 6.03. The van der Waals surface area contributed by atoms with E-state index in [-0.39, 0.29) is 6.04 Å². The van der Waals surface area contributed by atoms with Crippen molar-refractivity contribution in [1.29, 1.82) is 0 Å². The molecule has 4 aromatic heterocycles. The Balaban J connectivity index is 1.62. The van der Waals surface area contributed by atoms with Crippen molar-refractivity contribution in [3.05, 3.63) is 55.0 Å². The van der Waals surface area contributed by atoms with Crippen LogP contribution < -0.4 is 4.90 Å². The summed E-state index contributed by atoms with van der Waals surface area (Å²) in [7, 11) is 3.76. The maximum atomic E-state index is 5.49. The van der Waals surface area contributed by atoms with Gasteiger partial charge in [-0.2, -0.15) is 5.10 Å². The van der Waals surface area contributed by atoms with Gasteiger partial charge in [0, 0.05) is 63.4 Å². The Morgan fingerprint density at radius 1 is 1.11 bits per heavy atom. The first-order valence-electron chi connectivity index (χ1n) is 12.7. The van der Waals surface area contributed by atoms with Crippen molar-refractivity contribution in [3.63, 3.8) is 0 Å². The predicted octanol–water partition coefficient (Wildman–Crippen LogP) is 5.68. The fraction of sp³-hybridized carbons (Fsp3) is 0.357. The van der Waals surface area contributed by atoms with Crippen LogP contribution in [0.4, 0.5) is 5.82 Å². The molecular formula is C28H31N7OS. The van der Waals surface area contributed by atoms with Crippen molar-refractivity contribution in [2.45, 2.75) is 26.3 Å². The van der Waals surface area contributed by atoms with Gasteiger partial charge in [-0.1, -0.05) is 30.3 Å². The van der Waals surface area contributed by atoms with Crippen molar-refractivity contribution in [2.24, 2.45) is 13.0 Å². The second kappa shape index (κ2) is 9.72. The molecule has 0 amide bonds. The van der Waals surface area contributed by atoms with E-state index in [9.17, 15) is 0 Å². The van der Waals surface area contributed by atoms with Crippen molar-refractivity contribution in [2.75, 3.05) is 31.7 Å². The zero-order chi connectivity index (χ0) is 25.5. The van der Waals surface area contributed by atoms with Gasteiger partial charge in [0.25, 0.3) is 0 Å². The average Bonchev–Trinajstić information content (AvgIpc) is 3.69. The first kappa shape index (κ1) is 23.8. The molecule has 9 heteroatoms. The number of hydrogen-bond donors (Lipinski definition) is 0. The molecule has 5 heterocycles. The third-order valence-electron chi connectivity index (χ3n) is 6.97. The minimum Gasteiger partial charge on any atom is -0.384 e. The highest BCUT2D eigenvalue weighted by Gasteiger charge is 2.30. The number of anilines is 1. The molecule has 0 unspecified atom stereocenters. The molecule has 1 aliphatic rings. The number of aromatic nitrogens is 6. The number of thiophene rings is 1. The van der Waals surface area contributed by atoms with Crippen LogP contribution in [0.15, 0.2) is 55.0 Å². The van der Waals surface area contributed by atoms with Gasteiger partial charge in [-0.25, -0.2) is 15.0 Å². The molecule has 37 heavy (non-hydrogen) atoms. The van der Waals surface area contributed by atoms with E-state index in [2.05, 4.69) is 66.3 Å². The molecule has 0 aliphatic carbocycles. The van der Waals surface area contributed by atoms with E-state index in [1.807, 2.05) is 22.5 Å². The summed E-state index contributed by atoms with van der Waals surface area (Å²) >= 11 is 1.68. The van der Waals surface area contributed by atoms with Crippen LogP contribution in [-0.2, 0) is 11.8 Å². The predicted molar refractivity (Wildman–Crippen MR) is 149 cm³/mol. The molecule has 5 aromatic rings. The minimum absolute atomic E-state index is 0.288. The summed E-state index contributed by atoms with van der Waals surface area (Å²) in [6.07, 6.45) is 6.86. The Morgan fingerprint density at radius 3 is 2.65 bits per heavy atom. The molecule has 1 saturated heterocycles. The average molecular weight is 514 g/mol. The maximum absolute atomic E-state index is 5.49. The lowest BCUT2D eigenvalue weighted by molar-refractivity contribution is 0.161. The zero-order valence-electron chi connectivity index (χ0n) is 21.6. The van der Waals surface area contributed by atoms with Crippen molar-refractivity contribution in [1.82, 2.24) is 29.3 Å². The fourth-order valence-corrected chi connectivity index (χ4v) is 6.25. The van der Waals surface area contributed by atoms with E-state index < -0.39 is 0 Å². The third kappa shape index (κ3) is 4.32. The monoisotopic (exact) mass is 513 g/mol. The Labute approximate surface area is 220 Å². The first-order chi connectivity index (χ1) is 18.0. The number of imidazole rings is 1. The Hall–Kier alpha value is -3.56. The quantitative estimate of drug-likeness (QED) is 0.279. The van der Waals surface area contributed by atoms with Gasteiger partial charge in [-0.15, -0.1) is 11.3 Å². The summed E-state index contributed by atoms with van der Waals surface area (Å²) in [6, 6.07) is 12.9. The van der Waals surface area contributed by atoms with Gasteiger partial charge < -0.3 is 14.2 Å². The van der Waals surface area contributed by atoms with Gasteiger partial charge >= 0.3 is 0 Å².